The largest absolute Gasteiger partial charge is 0.337 e. The second-order valence-electron chi connectivity index (χ2n) is 2.60. The Morgan fingerprint density at radius 2 is 2.08 bits per heavy atom. The molecule has 1 aromatic heterocycles. The molecule has 0 unspecified atom stereocenters. The lowest BCUT2D eigenvalue weighted by Crippen LogP contribution is -1.78. The molecule has 0 atom stereocenters. The standard InChI is InChI=1S/C9H8N2O/c1-7-4-2-3-5-8(7)9-6-10-11-12-9/h2-6H,1H3. The molecule has 12 heavy (non-hydrogen) atoms. The number of benzene rings is 1. The zero-order valence-corrected chi connectivity index (χ0v) is 6.69. The Hall–Kier alpha value is -1.64. The van der Waals surface area contributed by atoms with E-state index in [1.54, 1.807) is 6.20 Å². The highest BCUT2D eigenvalue weighted by Gasteiger charge is 2.03. The van der Waals surface area contributed by atoms with E-state index < -0.39 is 0 Å². The molecule has 0 N–H and O–H groups in total. The molecule has 0 bridgehead atoms. The molecule has 0 aliphatic carbocycles. The third-order valence-corrected chi connectivity index (χ3v) is 1.77. The SMILES string of the molecule is Cc1ccccc1-c1cnno1. The van der Waals surface area contributed by atoms with E-state index in [-0.39, 0.29) is 0 Å². The van der Waals surface area contributed by atoms with Crippen LogP contribution in [0.4, 0.5) is 0 Å². The molecule has 1 aromatic carbocycles. The highest BCUT2D eigenvalue weighted by molar-refractivity contribution is 5.60. The maximum absolute atomic E-state index is 4.94. The average Bonchev–Trinajstić information content (AvgIpc) is 2.57. The van der Waals surface area contributed by atoms with Gasteiger partial charge in [0, 0.05) is 10.8 Å². The minimum atomic E-state index is 0.716. The summed E-state index contributed by atoms with van der Waals surface area (Å²) < 4.78 is 4.94. The zero-order chi connectivity index (χ0) is 8.39. The minimum Gasteiger partial charge on any atom is -0.337 e. The van der Waals surface area contributed by atoms with Crippen molar-refractivity contribution in [2.75, 3.05) is 0 Å². The predicted octanol–water partition coefficient (Wildman–Crippen LogP) is 2.05. The molecule has 0 fully saturated rings. The maximum Gasteiger partial charge on any atom is 0.187 e. The Morgan fingerprint density at radius 3 is 2.75 bits per heavy atom. The molecule has 3 nitrogen and oxygen atoms in total. The lowest BCUT2D eigenvalue weighted by Gasteiger charge is -1.97. The van der Waals surface area contributed by atoms with Gasteiger partial charge >= 0.3 is 0 Å². The van der Waals surface area contributed by atoms with E-state index in [0.717, 1.165) is 11.1 Å². The Labute approximate surface area is 70.0 Å². The lowest BCUT2D eigenvalue weighted by molar-refractivity contribution is 0.403. The molecule has 1 heterocycles. The molecule has 0 radical (unpaired) electrons. The molecule has 60 valence electrons. The van der Waals surface area contributed by atoms with Gasteiger partial charge in [-0.05, 0) is 12.5 Å². The first-order valence-corrected chi connectivity index (χ1v) is 3.71. The Kier molecular flexibility index (Phi) is 1.63. The van der Waals surface area contributed by atoms with Crippen LogP contribution in [0.1, 0.15) is 5.56 Å². The van der Waals surface area contributed by atoms with Gasteiger partial charge in [0.05, 0.1) is 6.20 Å². The molecule has 3 heteroatoms. The van der Waals surface area contributed by atoms with E-state index in [2.05, 4.69) is 10.4 Å². The van der Waals surface area contributed by atoms with E-state index >= 15 is 0 Å². The first-order chi connectivity index (χ1) is 5.88. The monoisotopic (exact) mass is 160 g/mol. The number of aryl methyl sites for hydroxylation is 1. The first-order valence-electron chi connectivity index (χ1n) is 3.71. The third-order valence-electron chi connectivity index (χ3n) is 1.77. The maximum atomic E-state index is 4.94. The number of aromatic nitrogens is 2. The highest BCUT2D eigenvalue weighted by atomic mass is 16.5. The second-order valence-corrected chi connectivity index (χ2v) is 2.60. The van der Waals surface area contributed by atoms with Gasteiger partial charge in [0.1, 0.15) is 0 Å². The van der Waals surface area contributed by atoms with Crippen LogP contribution in [0.25, 0.3) is 11.3 Å². The summed E-state index contributed by atoms with van der Waals surface area (Å²) in [6.07, 6.45) is 1.61. The predicted molar refractivity (Wildman–Crippen MR) is 44.5 cm³/mol. The van der Waals surface area contributed by atoms with Gasteiger partial charge in [0.25, 0.3) is 0 Å². The molecule has 2 aromatic rings. The fourth-order valence-corrected chi connectivity index (χ4v) is 1.14. The van der Waals surface area contributed by atoms with Crippen LogP contribution in [0.3, 0.4) is 0 Å². The number of rotatable bonds is 1. The van der Waals surface area contributed by atoms with Crippen LogP contribution < -0.4 is 0 Å². The van der Waals surface area contributed by atoms with Crippen molar-refractivity contribution in [1.82, 2.24) is 10.4 Å². The Balaban J connectivity index is 2.55. The average molecular weight is 160 g/mol. The number of hydrogen-bond acceptors (Lipinski definition) is 3. The van der Waals surface area contributed by atoms with Crippen LogP contribution in [0.15, 0.2) is 35.0 Å². The first kappa shape index (κ1) is 7.03. The smallest absolute Gasteiger partial charge is 0.187 e. The van der Waals surface area contributed by atoms with Gasteiger partial charge in [-0.2, -0.15) is 0 Å². The van der Waals surface area contributed by atoms with Gasteiger partial charge in [-0.1, -0.05) is 24.3 Å². The van der Waals surface area contributed by atoms with Crippen LogP contribution >= 0.6 is 0 Å². The van der Waals surface area contributed by atoms with Crippen LogP contribution in [0.5, 0.6) is 0 Å². The van der Waals surface area contributed by atoms with Crippen molar-refractivity contribution in [1.29, 1.82) is 0 Å². The molecule has 0 saturated heterocycles. The molecular weight excluding hydrogens is 152 g/mol. The molecule has 0 spiro atoms. The van der Waals surface area contributed by atoms with Crippen molar-refractivity contribution < 1.29 is 4.52 Å². The fourth-order valence-electron chi connectivity index (χ4n) is 1.14. The zero-order valence-electron chi connectivity index (χ0n) is 6.69. The molecule has 2 rings (SSSR count). The van der Waals surface area contributed by atoms with Crippen LogP contribution in [-0.2, 0) is 0 Å². The number of hydrogen-bond donors (Lipinski definition) is 0. The van der Waals surface area contributed by atoms with E-state index in [0.29, 0.717) is 5.76 Å². The summed E-state index contributed by atoms with van der Waals surface area (Å²) in [4.78, 5) is 0. The summed E-state index contributed by atoms with van der Waals surface area (Å²) in [7, 11) is 0. The normalized spacial score (nSPS) is 10.1. The molecule has 0 aliphatic rings. The highest BCUT2D eigenvalue weighted by Crippen LogP contribution is 2.20. The van der Waals surface area contributed by atoms with Gasteiger partial charge in [-0.3, -0.25) is 0 Å². The summed E-state index contributed by atoms with van der Waals surface area (Å²) in [5, 5.41) is 7.04. The van der Waals surface area contributed by atoms with Gasteiger partial charge in [0.15, 0.2) is 5.76 Å². The van der Waals surface area contributed by atoms with Crippen molar-refractivity contribution in [2.45, 2.75) is 6.92 Å². The molecular formula is C9H8N2O. The Bertz CT molecular complexity index is 368. The quantitative estimate of drug-likeness (QED) is 0.640. The summed E-state index contributed by atoms with van der Waals surface area (Å²) in [5.41, 5.74) is 2.21. The topological polar surface area (TPSA) is 38.9 Å². The van der Waals surface area contributed by atoms with E-state index in [4.69, 9.17) is 4.52 Å². The van der Waals surface area contributed by atoms with Gasteiger partial charge < -0.3 is 4.52 Å². The van der Waals surface area contributed by atoms with Crippen LogP contribution in [0.2, 0.25) is 0 Å². The summed E-state index contributed by atoms with van der Waals surface area (Å²) in [6, 6.07) is 7.96. The Morgan fingerprint density at radius 1 is 1.25 bits per heavy atom. The van der Waals surface area contributed by atoms with Crippen molar-refractivity contribution in [3.63, 3.8) is 0 Å². The van der Waals surface area contributed by atoms with Crippen LogP contribution in [0, 0.1) is 6.92 Å². The lowest BCUT2D eigenvalue weighted by atomic mass is 10.1. The third kappa shape index (κ3) is 1.09. The summed E-state index contributed by atoms with van der Waals surface area (Å²) in [5.74, 6) is 0.716. The van der Waals surface area contributed by atoms with Crippen molar-refractivity contribution in [2.24, 2.45) is 0 Å². The molecule has 0 saturated carbocycles. The second kappa shape index (κ2) is 2.77. The van der Waals surface area contributed by atoms with Crippen molar-refractivity contribution in [3.8, 4) is 11.3 Å². The molecule has 0 aliphatic heterocycles. The summed E-state index contributed by atoms with van der Waals surface area (Å²) in [6.45, 7) is 2.03. The summed E-state index contributed by atoms with van der Waals surface area (Å²) >= 11 is 0. The van der Waals surface area contributed by atoms with Crippen molar-refractivity contribution >= 4 is 0 Å². The minimum absolute atomic E-state index is 0.716. The van der Waals surface area contributed by atoms with Gasteiger partial charge in [-0.15, -0.1) is 5.10 Å². The molecule has 0 amide bonds. The fraction of sp³-hybridized carbons (Fsp3) is 0.111. The van der Waals surface area contributed by atoms with E-state index in [9.17, 15) is 0 Å². The van der Waals surface area contributed by atoms with Crippen molar-refractivity contribution in [3.05, 3.63) is 36.0 Å². The van der Waals surface area contributed by atoms with E-state index in [1.807, 2.05) is 31.2 Å². The van der Waals surface area contributed by atoms with Crippen LogP contribution in [-0.4, -0.2) is 10.4 Å². The van der Waals surface area contributed by atoms with Gasteiger partial charge in [0.2, 0.25) is 0 Å². The van der Waals surface area contributed by atoms with E-state index in [1.165, 1.54) is 0 Å². The number of nitrogens with zero attached hydrogens (tertiary/aromatic N) is 2. The van der Waals surface area contributed by atoms with Gasteiger partial charge in [-0.25, -0.2) is 0 Å².